The van der Waals surface area contributed by atoms with Crippen LogP contribution in [0.1, 0.15) is 31.0 Å². The second-order valence-electron chi connectivity index (χ2n) is 4.04. The first-order chi connectivity index (χ1) is 7.30. The summed E-state index contributed by atoms with van der Waals surface area (Å²) in [6, 6.07) is 0. The zero-order valence-electron chi connectivity index (χ0n) is 9.27. The fraction of sp³-hybridized carbons (Fsp3) is 0.700. The minimum absolute atomic E-state index is 0.107. The minimum Gasteiger partial charge on any atom is -0.330 e. The maximum Gasteiger partial charge on any atom is 0.395 e. The Kier molecular flexibility index (Phi) is 3.96. The summed E-state index contributed by atoms with van der Waals surface area (Å²) in [5.41, 5.74) is 5.98. The molecule has 0 aliphatic rings. The molecule has 0 radical (unpaired) electrons. The molecule has 2 N–H and O–H groups in total. The first-order valence-corrected chi connectivity index (χ1v) is 5.90. The van der Waals surface area contributed by atoms with Crippen LogP contribution >= 0.6 is 11.3 Å². The lowest BCUT2D eigenvalue weighted by atomic mass is 9.85. The van der Waals surface area contributed by atoms with Crippen LogP contribution in [0, 0.1) is 0 Å². The largest absolute Gasteiger partial charge is 0.395 e. The van der Waals surface area contributed by atoms with Gasteiger partial charge in [-0.15, -0.1) is 11.3 Å². The molecule has 2 nitrogen and oxygen atoms in total. The summed E-state index contributed by atoms with van der Waals surface area (Å²) in [5, 5.41) is 1.79. The molecule has 16 heavy (non-hydrogen) atoms. The van der Waals surface area contributed by atoms with Crippen molar-refractivity contribution in [1.82, 2.24) is 4.98 Å². The standard InChI is InChI=1S/C10H15F3N2S/c1-3-9(2,6-14)7-5-16-8(15-7)4-10(11,12)13/h5H,3-4,6,14H2,1-2H3. The predicted octanol–water partition coefficient (Wildman–Crippen LogP) is 2.87. The molecular weight excluding hydrogens is 237 g/mol. The summed E-state index contributed by atoms with van der Waals surface area (Å²) < 4.78 is 36.5. The van der Waals surface area contributed by atoms with Crippen LogP contribution in [-0.2, 0) is 11.8 Å². The third-order valence-corrected chi connectivity index (χ3v) is 3.60. The van der Waals surface area contributed by atoms with Crippen LogP contribution in [-0.4, -0.2) is 17.7 Å². The van der Waals surface area contributed by atoms with Gasteiger partial charge in [0, 0.05) is 17.3 Å². The molecule has 0 aliphatic carbocycles. The molecule has 1 aromatic rings. The van der Waals surface area contributed by atoms with Gasteiger partial charge in [0.05, 0.1) is 12.1 Å². The molecular formula is C10H15F3N2S. The van der Waals surface area contributed by atoms with Gasteiger partial charge in [-0.2, -0.15) is 13.2 Å². The van der Waals surface area contributed by atoms with Gasteiger partial charge < -0.3 is 5.73 Å². The van der Waals surface area contributed by atoms with Crippen LogP contribution in [0.5, 0.6) is 0 Å². The van der Waals surface area contributed by atoms with Gasteiger partial charge in [-0.3, -0.25) is 0 Å². The summed E-state index contributed by atoms with van der Waals surface area (Å²) >= 11 is 1.05. The average Bonchev–Trinajstić information content (AvgIpc) is 2.63. The van der Waals surface area contributed by atoms with E-state index in [4.69, 9.17) is 5.73 Å². The highest BCUT2D eigenvalue weighted by atomic mass is 32.1. The van der Waals surface area contributed by atoms with Crippen LogP contribution in [0.3, 0.4) is 0 Å². The third-order valence-electron chi connectivity index (χ3n) is 2.75. The van der Waals surface area contributed by atoms with Crippen molar-refractivity contribution >= 4 is 11.3 Å². The summed E-state index contributed by atoms with van der Waals surface area (Å²) in [4.78, 5) is 4.03. The number of nitrogens with two attached hydrogens (primary N) is 1. The summed E-state index contributed by atoms with van der Waals surface area (Å²) in [7, 11) is 0. The molecule has 1 atom stereocenters. The maximum atomic E-state index is 12.2. The lowest BCUT2D eigenvalue weighted by Crippen LogP contribution is -2.31. The van der Waals surface area contributed by atoms with E-state index in [0.717, 1.165) is 17.8 Å². The molecule has 0 saturated carbocycles. The van der Waals surface area contributed by atoms with Gasteiger partial charge in [0.2, 0.25) is 0 Å². The molecule has 0 aliphatic heterocycles. The number of alkyl halides is 3. The first kappa shape index (κ1) is 13.4. The summed E-state index contributed by atoms with van der Waals surface area (Å²) in [5.74, 6) is 0. The maximum absolute atomic E-state index is 12.2. The topological polar surface area (TPSA) is 38.9 Å². The van der Waals surface area contributed by atoms with Crippen LogP contribution in [0.4, 0.5) is 13.2 Å². The van der Waals surface area contributed by atoms with Gasteiger partial charge in [0.15, 0.2) is 0 Å². The Labute approximate surface area is 96.7 Å². The summed E-state index contributed by atoms with van der Waals surface area (Å²) in [6.45, 7) is 4.26. The van der Waals surface area contributed by atoms with E-state index in [1.807, 2.05) is 13.8 Å². The van der Waals surface area contributed by atoms with Crippen molar-refractivity contribution in [2.75, 3.05) is 6.54 Å². The highest BCUT2D eigenvalue weighted by molar-refractivity contribution is 7.09. The zero-order chi connectivity index (χ0) is 12.4. The van der Waals surface area contributed by atoms with Gasteiger partial charge in [0.25, 0.3) is 0 Å². The fourth-order valence-corrected chi connectivity index (χ4v) is 2.25. The number of nitrogens with zero attached hydrogens (tertiary/aromatic N) is 1. The van der Waals surface area contributed by atoms with Crippen molar-refractivity contribution in [2.45, 2.75) is 38.3 Å². The highest BCUT2D eigenvalue weighted by Crippen LogP contribution is 2.30. The van der Waals surface area contributed by atoms with Gasteiger partial charge in [-0.25, -0.2) is 4.98 Å². The van der Waals surface area contributed by atoms with Crippen molar-refractivity contribution in [3.63, 3.8) is 0 Å². The Bertz CT molecular complexity index is 342. The van der Waals surface area contributed by atoms with E-state index in [-0.39, 0.29) is 10.4 Å². The first-order valence-electron chi connectivity index (χ1n) is 5.02. The Balaban J connectivity index is 2.86. The number of hydrogen-bond donors (Lipinski definition) is 1. The lowest BCUT2D eigenvalue weighted by molar-refractivity contribution is -0.127. The van der Waals surface area contributed by atoms with E-state index in [1.54, 1.807) is 5.38 Å². The lowest BCUT2D eigenvalue weighted by Gasteiger charge is -2.23. The minimum atomic E-state index is -4.19. The average molecular weight is 252 g/mol. The smallest absolute Gasteiger partial charge is 0.330 e. The van der Waals surface area contributed by atoms with Crippen molar-refractivity contribution in [3.05, 3.63) is 16.1 Å². The summed E-state index contributed by atoms with van der Waals surface area (Å²) in [6.07, 6.45) is -4.39. The number of thiazole rings is 1. The van der Waals surface area contributed by atoms with Crippen molar-refractivity contribution in [2.24, 2.45) is 5.73 Å². The highest BCUT2D eigenvalue weighted by Gasteiger charge is 2.31. The van der Waals surface area contributed by atoms with Gasteiger partial charge >= 0.3 is 6.18 Å². The molecule has 1 aromatic heterocycles. The van der Waals surface area contributed by atoms with E-state index in [9.17, 15) is 13.2 Å². The molecule has 0 amide bonds. The number of rotatable bonds is 4. The second-order valence-corrected chi connectivity index (χ2v) is 4.98. The van der Waals surface area contributed by atoms with Crippen LogP contribution < -0.4 is 5.73 Å². The molecule has 1 rings (SSSR count). The third kappa shape index (κ3) is 3.18. The monoisotopic (exact) mass is 252 g/mol. The van der Waals surface area contributed by atoms with Crippen molar-refractivity contribution in [3.8, 4) is 0 Å². The van der Waals surface area contributed by atoms with Crippen molar-refractivity contribution in [1.29, 1.82) is 0 Å². The van der Waals surface area contributed by atoms with Crippen molar-refractivity contribution < 1.29 is 13.2 Å². The molecule has 0 fully saturated rings. The van der Waals surface area contributed by atoms with E-state index < -0.39 is 12.6 Å². The molecule has 0 bridgehead atoms. The van der Waals surface area contributed by atoms with Crippen LogP contribution in [0.2, 0.25) is 0 Å². The van der Waals surface area contributed by atoms with Crippen LogP contribution in [0.25, 0.3) is 0 Å². The Morgan fingerprint density at radius 1 is 1.44 bits per heavy atom. The van der Waals surface area contributed by atoms with E-state index in [2.05, 4.69) is 4.98 Å². The molecule has 6 heteroatoms. The molecule has 0 spiro atoms. The van der Waals surface area contributed by atoms with Gasteiger partial charge in [0.1, 0.15) is 5.01 Å². The van der Waals surface area contributed by atoms with Crippen LogP contribution in [0.15, 0.2) is 5.38 Å². The molecule has 0 aromatic carbocycles. The Morgan fingerprint density at radius 2 is 2.06 bits per heavy atom. The zero-order valence-corrected chi connectivity index (χ0v) is 10.1. The number of halogens is 3. The molecule has 92 valence electrons. The SMILES string of the molecule is CCC(C)(CN)c1csc(CC(F)(F)F)n1. The van der Waals surface area contributed by atoms with E-state index in [1.165, 1.54) is 0 Å². The quantitative estimate of drug-likeness (QED) is 0.895. The van der Waals surface area contributed by atoms with E-state index in [0.29, 0.717) is 12.2 Å². The number of aromatic nitrogens is 1. The molecule has 1 unspecified atom stereocenters. The molecule has 1 heterocycles. The Morgan fingerprint density at radius 3 is 2.50 bits per heavy atom. The second kappa shape index (κ2) is 4.71. The fourth-order valence-electron chi connectivity index (χ4n) is 1.27. The van der Waals surface area contributed by atoms with Gasteiger partial charge in [-0.05, 0) is 6.42 Å². The van der Waals surface area contributed by atoms with E-state index >= 15 is 0 Å². The van der Waals surface area contributed by atoms with Gasteiger partial charge in [-0.1, -0.05) is 13.8 Å². The normalized spacial score (nSPS) is 16.1. The molecule has 0 saturated heterocycles. The Hall–Kier alpha value is -0.620. The number of hydrogen-bond acceptors (Lipinski definition) is 3. The predicted molar refractivity (Wildman–Crippen MR) is 58.6 cm³/mol.